The lowest BCUT2D eigenvalue weighted by atomic mass is 10.3. The first-order chi connectivity index (χ1) is 6.07. The third-order valence-corrected chi connectivity index (χ3v) is 3.43. The number of nitro groups is 1. The van der Waals surface area contributed by atoms with Crippen molar-refractivity contribution in [3.05, 3.63) is 30.8 Å². The van der Waals surface area contributed by atoms with E-state index in [4.69, 9.17) is 0 Å². The van der Waals surface area contributed by atoms with Crippen LogP contribution in [-0.4, -0.2) is 9.91 Å². The lowest BCUT2D eigenvalue weighted by molar-refractivity contribution is -0.390. The van der Waals surface area contributed by atoms with Crippen LogP contribution in [-0.2, 0) is 5.33 Å². The maximum Gasteiger partial charge on any atom is 0.378 e. The van der Waals surface area contributed by atoms with Crippen LogP contribution in [0.5, 0.6) is 0 Å². The van der Waals surface area contributed by atoms with E-state index >= 15 is 0 Å². The van der Waals surface area contributed by atoms with Gasteiger partial charge in [0, 0.05) is 10.9 Å². The maximum absolute atomic E-state index is 10.5. The van der Waals surface area contributed by atoms with Gasteiger partial charge < -0.3 is 10.1 Å². The minimum atomic E-state index is -0.525. The van der Waals surface area contributed by atoms with Crippen molar-refractivity contribution < 1.29 is 4.92 Å². The molecule has 0 aliphatic heterocycles. The Bertz CT molecular complexity index is 356. The Morgan fingerprint density at radius 1 is 1.54 bits per heavy atom. The molecule has 0 fully saturated rings. The molecule has 0 aliphatic rings. The van der Waals surface area contributed by atoms with Crippen molar-refractivity contribution in [2.75, 3.05) is 0 Å². The zero-order chi connectivity index (χ0) is 10.0. The Morgan fingerprint density at radius 2 is 2.15 bits per heavy atom. The molecule has 1 aromatic rings. The first-order valence-corrected chi connectivity index (χ1v) is 5.82. The SMILES string of the molecule is O=[N+]([O-])c1ncc(Br)c(CBr)c1Br. The van der Waals surface area contributed by atoms with Gasteiger partial charge in [-0.05, 0) is 41.8 Å². The van der Waals surface area contributed by atoms with Crippen LogP contribution >= 0.6 is 47.8 Å². The molecule has 0 unspecified atom stereocenters. The van der Waals surface area contributed by atoms with Crippen molar-refractivity contribution in [3.63, 3.8) is 0 Å². The summed E-state index contributed by atoms with van der Waals surface area (Å²) < 4.78 is 1.14. The predicted molar refractivity (Wildman–Crippen MR) is 58.9 cm³/mol. The lowest BCUT2D eigenvalue weighted by Crippen LogP contribution is -1.96. The highest BCUT2D eigenvalue weighted by Crippen LogP contribution is 2.32. The zero-order valence-corrected chi connectivity index (χ0v) is 10.9. The van der Waals surface area contributed by atoms with E-state index in [9.17, 15) is 10.1 Å². The summed E-state index contributed by atoms with van der Waals surface area (Å²) in [5, 5.41) is 11.0. The Kier molecular flexibility index (Phi) is 3.81. The summed E-state index contributed by atoms with van der Waals surface area (Å²) in [5.74, 6) is -0.169. The van der Waals surface area contributed by atoms with E-state index < -0.39 is 4.92 Å². The smallest absolute Gasteiger partial charge is 0.358 e. The molecule has 0 saturated carbocycles. The normalized spacial score (nSPS) is 10.1. The van der Waals surface area contributed by atoms with Gasteiger partial charge in [-0.25, -0.2) is 0 Å². The van der Waals surface area contributed by atoms with Crippen molar-refractivity contribution in [1.82, 2.24) is 4.98 Å². The van der Waals surface area contributed by atoms with E-state index in [1.54, 1.807) is 0 Å². The number of aromatic nitrogens is 1. The van der Waals surface area contributed by atoms with Gasteiger partial charge in [0.15, 0.2) is 6.20 Å². The molecule has 0 amide bonds. The molecule has 1 aromatic heterocycles. The molecule has 7 heteroatoms. The third-order valence-electron chi connectivity index (χ3n) is 1.36. The Hall–Kier alpha value is -0.0100. The van der Waals surface area contributed by atoms with Crippen LogP contribution < -0.4 is 0 Å². The maximum atomic E-state index is 10.5. The number of pyridine rings is 1. The Morgan fingerprint density at radius 3 is 2.62 bits per heavy atom. The molecule has 0 spiro atoms. The van der Waals surface area contributed by atoms with Crippen LogP contribution in [0.2, 0.25) is 0 Å². The first-order valence-electron chi connectivity index (χ1n) is 3.11. The largest absolute Gasteiger partial charge is 0.378 e. The standard InChI is InChI=1S/C6H3Br3N2O2/c7-1-3-4(8)2-10-6(5(3)9)11(12)13/h2H,1H2. The van der Waals surface area contributed by atoms with Crippen LogP contribution in [0.15, 0.2) is 15.1 Å². The summed E-state index contributed by atoms with van der Waals surface area (Å²) in [6.07, 6.45) is 1.42. The van der Waals surface area contributed by atoms with Crippen LogP contribution in [0.25, 0.3) is 0 Å². The van der Waals surface area contributed by atoms with Gasteiger partial charge in [-0.15, -0.1) is 0 Å². The minimum Gasteiger partial charge on any atom is -0.358 e. The summed E-state index contributed by atoms with van der Waals surface area (Å²) in [4.78, 5) is 13.6. The van der Waals surface area contributed by atoms with Gasteiger partial charge in [0.1, 0.15) is 4.47 Å². The predicted octanol–water partition coefficient (Wildman–Crippen LogP) is 3.41. The molecule has 0 atom stereocenters. The first kappa shape index (κ1) is 11.1. The summed E-state index contributed by atoms with van der Waals surface area (Å²) in [5.41, 5.74) is 0.779. The molecule has 1 heterocycles. The highest BCUT2D eigenvalue weighted by Gasteiger charge is 2.18. The summed E-state index contributed by atoms with van der Waals surface area (Å²) in [7, 11) is 0. The second-order valence-corrected chi connectivity index (χ2v) is 4.32. The molecule has 4 nitrogen and oxygen atoms in total. The van der Waals surface area contributed by atoms with Gasteiger partial charge >= 0.3 is 5.82 Å². The quantitative estimate of drug-likeness (QED) is 0.453. The number of halogens is 3. The molecule has 0 radical (unpaired) electrons. The lowest BCUT2D eigenvalue weighted by Gasteiger charge is -2.01. The number of hydrogen-bond acceptors (Lipinski definition) is 3. The van der Waals surface area contributed by atoms with Crippen LogP contribution in [0.3, 0.4) is 0 Å². The fraction of sp³-hybridized carbons (Fsp3) is 0.167. The van der Waals surface area contributed by atoms with E-state index in [-0.39, 0.29) is 5.82 Å². The summed E-state index contributed by atoms with van der Waals surface area (Å²) in [6, 6.07) is 0. The van der Waals surface area contributed by atoms with Crippen LogP contribution in [0.1, 0.15) is 5.56 Å². The van der Waals surface area contributed by atoms with Gasteiger partial charge in [0.25, 0.3) is 0 Å². The van der Waals surface area contributed by atoms with E-state index in [0.717, 1.165) is 10.0 Å². The number of nitrogens with zero attached hydrogens (tertiary/aromatic N) is 2. The van der Waals surface area contributed by atoms with Gasteiger partial charge in [-0.3, -0.25) is 0 Å². The van der Waals surface area contributed by atoms with Crippen molar-refractivity contribution in [1.29, 1.82) is 0 Å². The van der Waals surface area contributed by atoms with Gasteiger partial charge in [0.05, 0.1) is 4.47 Å². The van der Waals surface area contributed by atoms with Gasteiger partial charge in [0.2, 0.25) is 0 Å². The molecule has 70 valence electrons. The highest BCUT2D eigenvalue weighted by molar-refractivity contribution is 9.11. The van der Waals surface area contributed by atoms with E-state index in [1.807, 2.05) is 0 Å². The monoisotopic (exact) mass is 372 g/mol. The molecule has 0 aliphatic carbocycles. The average molecular weight is 375 g/mol. The van der Waals surface area contributed by atoms with Crippen molar-refractivity contribution >= 4 is 53.6 Å². The van der Waals surface area contributed by atoms with Gasteiger partial charge in [-0.1, -0.05) is 15.9 Å². The summed E-state index contributed by atoms with van der Waals surface area (Å²) >= 11 is 9.61. The number of rotatable bonds is 2. The molecule has 1 rings (SSSR count). The average Bonchev–Trinajstić information content (AvgIpc) is 2.04. The fourth-order valence-corrected chi connectivity index (χ4v) is 3.38. The molecule has 0 N–H and O–H groups in total. The van der Waals surface area contributed by atoms with E-state index in [2.05, 4.69) is 52.8 Å². The Labute approximate surface area is 99.3 Å². The summed E-state index contributed by atoms with van der Waals surface area (Å²) in [6.45, 7) is 0. The molecular formula is C6H3Br3N2O2. The zero-order valence-electron chi connectivity index (χ0n) is 6.13. The fourth-order valence-electron chi connectivity index (χ4n) is 0.742. The van der Waals surface area contributed by atoms with Crippen LogP contribution in [0, 0.1) is 10.1 Å². The van der Waals surface area contributed by atoms with Gasteiger partial charge in [-0.2, -0.15) is 0 Å². The number of hydrogen-bond donors (Lipinski definition) is 0. The topological polar surface area (TPSA) is 56.0 Å². The molecule has 0 bridgehead atoms. The molecule has 0 saturated heterocycles. The van der Waals surface area contributed by atoms with Crippen LogP contribution in [0.4, 0.5) is 5.82 Å². The Balaban J connectivity index is 3.35. The molecule has 13 heavy (non-hydrogen) atoms. The molecular weight excluding hydrogens is 372 g/mol. The second-order valence-electron chi connectivity index (χ2n) is 2.11. The highest BCUT2D eigenvalue weighted by atomic mass is 79.9. The van der Waals surface area contributed by atoms with Crippen molar-refractivity contribution in [2.45, 2.75) is 5.33 Å². The minimum absolute atomic E-state index is 0.169. The van der Waals surface area contributed by atoms with E-state index in [1.165, 1.54) is 6.20 Å². The number of alkyl halides is 1. The second kappa shape index (κ2) is 4.47. The third kappa shape index (κ3) is 2.26. The van der Waals surface area contributed by atoms with Crippen molar-refractivity contribution in [2.24, 2.45) is 0 Å². The van der Waals surface area contributed by atoms with E-state index in [0.29, 0.717) is 9.80 Å². The van der Waals surface area contributed by atoms with Crippen molar-refractivity contribution in [3.8, 4) is 0 Å². The molecule has 0 aromatic carbocycles.